The van der Waals surface area contributed by atoms with Crippen molar-refractivity contribution in [2.45, 2.75) is 19.9 Å². The van der Waals surface area contributed by atoms with Gasteiger partial charge in [-0.05, 0) is 35.8 Å². The first-order valence-electron chi connectivity index (χ1n) is 5.74. The van der Waals surface area contributed by atoms with E-state index >= 15 is 0 Å². The molecule has 2 rings (SSSR count). The van der Waals surface area contributed by atoms with Crippen molar-refractivity contribution in [2.24, 2.45) is 0 Å². The summed E-state index contributed by atoms with van der Waals surface area (Å²) in [5.41, 5.74) is 7.24. The van der Waals surface area contributed by atoms with Crippen molar-refractivity contribution < 1.29 is 9.13 Å². The summed E-state index contributed by atoms with van der Waals surface area (Å²) in [4.78, 5) is 4.23. The highest BCUT2D eigenvalue weighted by molar-refractivity contribution is 9.10. The van der Waals surface area contributed by atoms with Gasteiger partial charge in [0.1, 0.15) is 5.82 Å². The fourth-order valence-electron chi connectivity index (χ4n) is 1.94. The second kappa shape index (κ2) is 5.24. The molecule has 0 amide bonds. The molecule has 0 aliphatic carbocycles. The van der Waals surface area contributed by atoms with Gasteiger partial charge in [0.05, 0.1) is 28.2 Å². The van der Waals surface area contributed by atoms with Gasteiger partial charge in [0.25, 0.3) is 0 Å². The van der Waals surface area contributed by atoms with E-state index < -0.39 is 0 Å². The predicted molar refractivity (Wildman–Crippen MR) is 73.0 cm³/mol. The average molecular weight is 316 g/mol. The van der Waals surface area contributed by atoms with Crippen LogP contribution >= 0.6 is 15.9 Å². The molecule has 0 saturated carbocycles. The first kappa shape index (κ1) is 13.3. The third-order valence-electron chi connectivity index (χ3n) is 2.76. The largest absolute Gasteiger partial charge is 0.380 e. The Kier molecular flexibility index (Phi) is 3.87. The van der Waals surface area contributed by atoms with Crippen molar-refractivity contribution in [1.82, 2.24) is 9.55 Å². The molecular weight excluding hydrogens is 301 g/mol. The molecule has 6 heteroatoms. The summed E-state index contributed by atoms with van der Waals surface area (Å²) in [6.45, 7) is 5.05. The summed E-state index contributed by atoms with van der Waals surface area (Å²) in [6, 6.07) is 3.08. The zero-order valence-corrected chi connectivity index (χ0v) is 11.9. The van der Waals surface area contributed by atoms with E-state index in [2.05, 4.69) is 20.9 Å². The SMILES string of the molecule is CCOCC(C)n1c(N)nc2cc(Br)c(F)cc21. The minimum atomic E-state index is -0.327. The van der Waals surface area contributed by atoms with Gasteiger partial charge in [-0.1, -0.05) is 0 Å². The molecule has 4 nitrogen and oxygen atoms in total. The van der Waals surface area contributed by atoms with E-state index in [0.29, 0.717) is 34.7 Å². The van der Waals surface area contributed by atoms with Gasteiger partial charge in [-0.2, -0.15) is 0 Å². The Bertz CT molecular complexity index is 570. The van der Waals surface area contributed by atoms with Crippen LogP contribution in [0.1, 0.15) is 19.9 Å². The highest BCUT2D eigenvalue weighted by Crippen LogP contribution is 2.27. The number of imidazole rings is 1. The van der Waals surface area contributed by atoms with Gasteiger partial charge in [0, 0.05) is 12.7 Å². The zero-order chi connectivity index (χ0) is 13.3. The standard InChI is InChI=1S/C12H15BrFN3O/c1-3-18-6-7(2)17-11-5-9(14)8(13)4-10(11)16-12(17)15/h4-5,7H,3,6H2,1-2H3,(H2,15,16). The molecule has 1 aromatic heterocycles. The van der Waals surface area contributed by atoms with Crippen LogP contribution in [0.5, 0.6) is 0 Å². The lowest BCUT2D eigenvalue weighted by molar-refractivity contribution is 0.120. The monoisotopic (exact) mass is 315 g/mol. The minimum Gasteiger partial charge on any atom is -0.380 e. The third-order valence-corrected chi connectivity index (χ3v) is 3.37. The molecule has 18 heavy (non-hydrogen) atoms. The molecule has 0 fully saturated rings. The van der Waals surface area contributed by atoms with E-state index in [9.17, 15) is 4.39 Å². The van der Waals surface area contributed by atoms with Gasteiger partial charge >= 0.3 is 0 Å². The highest BCUT2D eigenvalue weighted by Gasteiger charge is 2.16. The number of fused-ring (bicyclic) bond motifs is 1. The topological polar surface area (TPSA) is 53.1 Å². The second-order valence-corrected chi connectivity index (χ2v) is 4.96. The summed E-state index contributed by atoms with van der Waals surface area (Å²) in [5, 5.41) is 0. The third kappa shape index (κ3) is 2.35. The Morgan fingerprint density at radius 3 is 2.94 bits per heavy atom. The van der Waals surface area contributed by atoms with E-state index in [-0.39, 0.29) is 11.9 Å². The van der Waals surface area contributed by atoms with Gasteiger partial charge in [-0.25, -0.2) is 9.37 Å². The molecule has 98 valence electrons. The van der Waals surface area contributed by atoms with Gasteiger partial charge < -0.3 is 15.0 Å². The van der Waals surface area contributed by atoms with E-state index in [4.69, 9.17) is 10.5 Å². The van der Waals surface area contributed by atoms with E-state index in [1.54, 1.807) is 10.6 Å². The van der Waals surface area contributed by atoms with Crippen molar-refractivity contribution in [2.75, 3.05) is 18.9 Å². The maximum absolute atomic E-state index is 13.6. The second-order valence-electron chi connectivity index (χ2n) is 4.10. The van der Waals surface area contributed by atoms with Crippen molar-refractivity contribution in [3.63, 3.8) is 0 Å². The Balaban J connectivity index is 2.49. The number of anilines is 1. The Morgan fingerprint density at radius 1 is 1.56 bits per heavy atom. The number of hydrogen-bond donors (Lipinski definition) is 1. The number of nitrogens with two attached hydrogens (primary N) is 1. The van der Waals surface area contributed by atoms with Crippen LogP contribution < -0.4 is 5.73 Å². The molecule has 0 radical (unpaired) electrons. The van der Waals surface area contributed by atoms with Crippen LogP contribution in [0.4, 0.5) is 10.3 Å². The Hall–Kier alpha value is -1.14. The quantitative estimate of drug-likeness (QED) is 0.943. The molecule has 0 aliphatic rings. The smallest absolute Gasteiger partial charge is 0.201 e. The number of ether oxygens (including phenoxy) is 1. The van der Waals surface area contributed by atoms with Crippen LogP contribution in [-0.2, 0) is 4.74 Å². The van der Waals surface area contributed by atoms with Gasteiger partial charge in [0.2, 0.25) is 5.95 Å². The van der Waals surface area contributed by atoms with Crippen LogP contribution in [0.25, 0.3) is 11.0 Å². The van der Waals surface area contributed by atoms with E-state index in [1.807, 2.05) is 13.8 Å². The van der Waals surface area contributed by atoms with Crippen LogP contribution in [0.3, 0.4) is 0 Å². The summed E-state index contributed by atoms with van der Waals surface area (Å²) in [5.74, 6) is 0.0435. The molecule has 0 spiro atoms. The minimum absolute atomic E-state index is 0.00975. The molecule has 0 bridgehead atoms. The molecule has 1 unspecified atom stereocenters. The molecule has 2 aromatic rings. The first-order valence-corrected chi connectivity index (χ1v) is 6.54. The predicted octanol–water partition coefficient (Wildman–Crippen LogP) is 3.12. The fraction of sp³-hybridized carbons (Fsp3) is 0.417. The van der Waals surface area contributed by atoms with Crippen molar-refractivity contribution >= 4 is 32.9 Å². The molecule has 1 atom stereocenters. The Morgan fingerprint density at radius 2 is 2.28 bits per heavy atom. The first-order chi connectivity index (χ1) is 8.54. The summed E-state index contributed by atoms with van der Waals surface area (Å²) >= 11 is 3.14. The van der Waals surface area contributed by atoms with Gasteiger partial charge in [-0.3, -0.25) is 0 Å². The number of hydrogen-bond acceptors (Lipinski definition) is 3. The van der Waals surface area contributed by atoms with Crippen LogP contribution in [0, 0.1) is 5.82 Å². The summed E-state index contributed by atoms with van der Waals surface area (Å²) in [6.07, 6.45) is 0. The summed E-state index contributed by atoms with van der Waals surface area (Å²) < 4.78 is 21.1. The van der Waals surface area contributed by atoms with Crippen LogP contribution in [0.2, 0.25) is 0 Å². The van der Waals surface area contributed by atoms with Gasteiger partial charge in [-0.15, -0.1) is 0 Å². The number of aromatic nitrogens is 2. The number of nitrogen functional groups attached to an aromatic ring is 1. The maximum atomic E-state index is 13.6. The van der Waals surface area contributed by atoms with Crippen molar-refractivity contribution in [3.05, 3.63) is 22.4 Å². The molecule has 0 aliphatic heterocycles. The lowest BCUT2D eigenvalue weighted by Gasteiger charge is -2.15. The maximum Gasteiger partial charge on any atom is 0.201 e. The molecule has 0 saturated heterocycles. The fourth-order valence-corrected chi connectivity index (χ4v) is 2.27. The van der Waals surface area contributed by atoms with Crippen molar-refractivity contribution in [1.29, 1.82) is 0 Å². The lowest BCUT2D eigenvalue weighted by atomic mass is 10.2. The summed E-state index contributed by atoms with van der Waals surface area (Å²) in [7, 11) is 0. The molecule has 1 aromatic carbocycles. The van der Waals surface area contributed by atoms with Gasteiger partial charge in [0.15, 0.2) is 0 Å². The Labute approximate surface area is 113 Å². The number of nitrogens with zero attached hydrogens (tertiary/aromatic N) is 2. The van der Waals surface area contributed by atoms with E-state index in [1.165, 1.54) is 6.07 Å². The number of rotatable bonds is 4. The van der Waals surface area contributed by atoms with Crippen LogP contribution in [-0.4, -0.2) is 22.8 Å². The molecular formula is C12H15BrFN3O. The molecule has 2 N–H and O–H groups in total. The average Bonchev–Trinajstić information content (AvgIpc) is 2.62. The highest BCUT2D eigenvalue weighted by atomic mass is 79.9. The zero-order valence-electron chi connectivity index (χ0n) is 10.3. The van der Waals surface area contributed by atoms with Crippen molar-refractivity contribution in [3.8, 4) is 0 Å². The van der Waals surface area contributed by atoms with Crippen LogP contribution in [0.15, 0.2) is 16.6 Å². The lowest BCUT2D eigenvalue weighted by Crippen LogP contribution is -2.14. The number of halogens is 2. The molecule has 1 heterocycles. The normalized spacial score (nSPS) is 13.1. The number of benzene rings is 1. The van der Waals surface area contributed by atoms with E-state index in [0.717, 1.165) is 0 Å².